The highest BCUT2D eigenvalue weighted by Gasteiger charge is 2.06. The molecule has 2 nitrogen and oxygen atoms in total. The fourth-order valence-electron chi connectivity index (χ4n) is 1.59. The van der Waals surface area contributed by atoms with Crippen molar-refractivity contribution in [3.05, 3.63) is 24.0 Å². The number of carbonyl (C=O) groups is 1. The predicted molar refractivity (Wildman–Crippen MR) is 52.1 cm³/mol. The largest absolute Gasteiger partial charge is 0.427 e. The zero-order chi connectivity index (χ0) is 9.68. The lowest BCUT2D eigenvalue weighted by atomic mass is 9.94. The number of esters is 1. The quantitative estimate of drug-likeness (QED) is 0.482. The SMILES string of the molecule is C=C(C=C1CCCCC1)OC(C)=O. The zero-order valence-corrected chi connectivity index (χ0v) is 8.14. The molecule has 1 fully saturated rings. The molecule has 0 N–H and O–H groups in total. The van der Waals surface area contributed by atoms with Gasteiger partial charge < -0.3 is 4.74 Å². The van der Waals surface area contributed by atoms with Crippen LogP contribution in [0.1, 0.15) is 39.0 Å². The molecule has 1 rings (SSSR count). The van der Waals surface area contributed by atoms with Crippen LogP contribution in [0.5, 0.6) is 0 Å². The van der Waals surface area contributed by atoms with Crippen LogP contribution in [0.15, 0.2) is 24.0 Å². The van der Waals surface area contributed by atoms with E-state index in [2.05, 4.69) is 6.58 Å². The average molecular weight is 180 g/mol. The summed E-state index contributed by atoms with van der Waals surface area (Å²) < 4.78 is 4.84. The average Bonchev–Trinajstić information content (AvgIpc) is 2.04. The summed E-state index contributed by atoms with van der Waals surface area (Å²) in [5.41, 5.74) is 1.36. The Bertz CT molecular complexity index is 230. The van der Waals surface area contributed by atoms with Crippen molar-refractivity contribution in [2.24, 2.45) is 0 Å². The highest BCUT2D eigenvalue weighted by molar-refractivity contribution is 5.67. The van der Waals surface area contributed by atoms with Gasteiger partial charge in [0.25, 0.3) is 0 Å². The summed E-state index contributed by atoms with van der Waals surface area (Å²) in [5.74, 6) is 0.182. The summed E-state index contributed by atoms with van der Waals surface area (Å²) in [5, 5.41) is 0. The Labute approximate surface area is 79.3 Å². The molecule has 1 aliphatic rings. The Morgan fingerprint density at radius 3 is 2.54 bits per heavy atom. The summed E-state index contributed by atoms with van der Waals surface area (Å²) in [7, 11) is 0. The van der Waals surface area contributed by atoms with E-state index in [4.69, 9.17) is 4.74 Å². The first kappa shape index (κ1) is 10.0. The van der Waals surface area contributed by atoms with Crippen molar-refractivity contribution in [2.45, 2.75) is 39.0 Å². The van der Waals surface area contributed by atoms with Crippen LogP contribution in [0.25, 0.3) is 0 Å². The lowest BCUT2D eigenvalue weighted by Gasteiger charge is -2.13. The number of hydrogen-bond acceptors (Lipinski definition) is 2. The van der Waals surface area contributed by atoms with Gasteiger partial charge in [-0.3, -0.25) is 4.79 Å². The third-order valence-corrected chi connectivity index (χ3v) is 2.14. The molecule has 0 unspecified atom stereocenters. The van der Waals surface area contributed by atoms with Gasteiger partial charge in [0.2, 0.25) is 0 Å². The van der Waals surface area contributed by atoms with Crippen LogP contribution in [-0.2, 0) is 9.53 Å². The number of rotatable bonds is 2. The topological polar surface area (TPSA) is 26.3 Å². The fourth-order valence-corrected chi connectivity index (χ4v) is 1.59. The summed E-state index contributed by atoms with van der Waals surface area (Å²) in [4.78, 5) is 10.6. The maximum atomic E-state index is 10.6. The van der Waals surface area contributed by atoms with Gasteiger partial charge in [0, 0.05) is 6.92 Å². The Balaban J connectivity index is 2.43. The van der Waals surface area contributed by atoms with Crippen molar-refractivity contribution in [1.29, 1.82) is 0 Å². The molecule has 0 amide bonds. The molecule has 72 valence electrons. The molecule has 0 spiro atoms. The van der Waals surface area contributed by atoms with Crippen molar-refractivity contribution in [1.82, 2.24) is 0 Å². The molecule has 0 aromatic carbocycles. The molecule has 0 radical (unpaired) electrons. The van der Waals surface area contributed by atoms with Gasteiger partial charge in [-0.2, -0.15) is 0 Å². The van der Waals surface area contributed by atoms with E-state index in [1.807, 2.05) is 6.08 Å². The second-order valence-electron chi connectivity index (χ2n) is 3.42. The molecule has 0 heterocycles. The van der Waals surface area contributed by atoms with E-state index in [9.17, 15) is 4.79 Å². The molecule has 0 aromatic rings. The minimum atomic E-state index is -0.294. The van der Waals surface area contributed by atoms with E-state index in [0.717, 1.165) is 12.8 Å². The molecule has 0 aliphatic heterocycles. The van der Waals surface area contributed by atoms with Crippen molar-refractivity contribution < 1.29 is 9.53 Å². The first-order valence-corrected chi connectivity index (χ1v) is 4.75. The van der Waals surface area contributed by atoms with E-state index in [1.165, 1.54) is 31.8 Å². The maximum absolute atomic E-state index is 10.6. The third-order valence-electron chi connectivity index (χ3n) is 2.14. The zero-order valence-electron chi connectivity index (χ0n) is 8.14. The lowest BCUT2D eigenvalue weighted by molar-refractivity contribution is -0.136. The smallest absolute Gasteiger partial charge is 0.308 e. The molecule has 2 heteroatoms. The van der Waals surface area contributed by atoms with Crippen LogP contribution in [-0.4, -0.2) is 5.97 Å². The van der Waals surface area contributed by atoms with Crippen LogP contribution >= 0.6 is 0 Å². The highest BCUT2D eigenvalue weighted by atomic mass is 16.5. The van der Waals surface area contributed by atoms with Gasteiger partial charge in [0.1, 0.15) is 5.76 Å². The molecule has 0 saturated heterocycles. The minimum absolute atomic E-state index is 0.294. The number of ether oxygens (including phenoxy) is 1. The second-order valence-corrected chi connectivity index (χ2v) is 3.42. The molecule has 0 atom stereocenters. The number of allylic oxidation sites excluding steroid dienone is 2. The first-order chi connectivity index (χ1) is 6.18. The van der Waals surface area contributed by atoms with Crippen LogP contribution in [0.2, 0.25) is 0 Å². The highest BCUT2D eigenvalue weighted by Crippen LogP contribution is 2.23. The van der Waals surface area contributed by atoms with Crippen LogP contribution < -0.4 is 0 Å². The lowest BCUT2D eigenvalue weighted by Crippen LogP contribution is -1.98. The Hall–Kier alpha value is -1.05. The van der Waals surface area contributed by atoms with Crippen molar-refractivity contribution in [3.63, 3.8) is 0 Å². The summed E-state index contributed by atoms with van der Waals surface area (Å²) in [6.45, 7) is 5.06. The molecule has 0 aromatic heterocycles. The van der Waals surface area contributed by atoms with Gasteiger partial charge in [-0.25, -0.2) is 0 Å². The molecular formula is C11H16O2. The van der Waals surface area contributed by atoms with Crippen molar-refractivity contribution in [2.75, 3.05) is 0 Å². The minimum Gasteiger partial charge on any atom is -0.427 e. The van der Waals surface area contributed by atoms with E-state index in [-0.39, 0.29) is 5.97 Å². The van der Waals surface area contributed by atoms with E-state index >= 15 is 0 Å². The first-order valence-electron chi connectivity index (χ1n) is 4.75. The van der Waals surface area contributed by atoms with Crippen molar-refractivity contribution >= 4 is 5.97 Å². The predicted octanol–water partition coefficient (Wildman–Crippen LogP) is 2.95. The van der Waals surface area contributed by atoms with Crippen LogP contribution in [0.4, 0.5) is 0 Å². The van der Waals surface area contributed by atoms with Gasteiger partial charge in [0.15, 0.2) is 0 Å². The molecule has 1 saturated carbocycles. The van der Waals surface area contributed by atoms with Gasteiger partial charge in [-0.1, -0.05) is 18.6 Å². The summed E-state index contributed by atoms with van der Waals surface area (Å²) in [6.07, 6.45) is 7.97. The maximum Gasteiger partial charge on any atom is 0.308 e. The van der Waals surface area contributed by atoms with Gasteiger partial charge in [-0.15, -0.1) is 0 Å². The Kier molecular flexibility index (Phi) is 3.74. The Morgan fingerprint density at radius 1 is 1.38 bits per heavy atom. The van der Waals surface area contributed by atoms with Gasteiger partial charge in [-0.05, 0) is 31.8 Å². The van der Waals surface area contributed by atoms with Crippen LogP contribution in [0, 0.1) is 0 Å². The molecule has 0 bridgehead atoms. The van der Waals surface area contributed by atoms with Crippen LogP contribution in [0.3, 0.4) is 0 Å². The van der Waals surface area contributed by atoms with E-state index < -0.39 is 0 Å². The Morgan fingerprint density at radius 2 is 2.00 bits per heavy atom. The summed E-state index contributed by atoms with van der Waals surface area (Å²) in [6, 6.07) is 0. The van der Waals surface area contributed by atoms with E-state index in [0.29, 0.717) is 5.76 Å². The number of hydrogen-bond donors (Lipinski definition) is 0. The fraction of sp³-hybridized carbons (Fsp3) is 0.545. The number of carbonyl (C=O) groups excluding carboxylic acids is 1. The molecule has 1 aliphatic carbocycles. The van der Waals surface area contributed by atoms with Gasteiger partial charge in [0.05, 0.1) is 0 Å². The van der Waals surface area contributed by atoms with Gasteiger partial charge >= 0.3 is 5.97 Å². The molecule has 13 heavy (non-hydrogen) atoms. The van der Waals surface area contributed by atoms with Crippen molar-refractivity contribution in [3.8, 4) is 0 Å². The standard InChI is InChI=1S/C11H16O2/c1-9(13-10(2)12)8-11-6-4-3-5-7-11/h8H,1,3-7H2,2H3. The summed E-state index contributed by atoms with van der Waals surface area (Å²) >= 11 is 0. The second kappa shape index (κ2) is 4.85. The monoisotopic (exact) mass is 180 g/mol. The molecular weight excluding hydrogens is 164 g/mol. The van der Waals surface area contributed by atoms with E-state index in [1.54, 1.807) is 0 Å². The third kappa shape index (κ3) is 3.92. The normalized spacial score (nSPS) is 16.5.